The van der Waals surface area contributed by atoms with Crippen LogP contribution in [0.5, 0.6) is 11.5 Å². The van der Waals surface area contributed by atoms with Gasteiger partial charge < -0.3 is 14.2 Å². The zero-order valence-corrected chi connectivity index (χ0v) is 15.5. The maximum absolute atomic E-state index is 5.94. The van der Waals surface area contributed by atoms with Crippen LogP contribution in [0.15, 0.2) is 36.9 Å². The lowest BCUT2D eigenvalue weighted by atomic mass is 9.96. The van der Waals surface area contributed by atoms with Gasteiger partial charge in [-0.05, 0) is 85.3 Å². The zero-order valence-electron chi connectivity index (χ0n) is 15.5. The second-order valence-electron chi connectivity index (χ2n) is 6.74. The largest absolute Gasteiger partial charge is 0.490 e. The third-order valence-corrected chi connectivity index (χ3v) is 4.42. The molecule has 1 unspecified atom stereocenters. The third kappa shape index (κ3) is 4.05. The topological polar surface area (TPSA) is 31.0 Å². The summed E-state index contributed by atoms with van der Waals surface area (Å²) in [7, 11) is 0. The van der Waals surface area contributed by atoms with Crippen LogP contribution >= 0.6 is 0 Å². The summed E-state index contributed by atoms with van der Waals surface area (Å²) in [5.74, 6) is 1.92. The van der Waals surface area contributed by atoms with Gasteiger partial charge in [0.05, 0.1) is 6.61 Å². The van der Waals surface area contributed by atoms with E-state index in [4.69, 9.17) is 14.2 Å². The second-order valence-corrected chi connectivity index (χ2v) is 6.74. The van der Waals surface area contributed by atoms with E-state index in [1.807, 2.05) is 0 Å². The van der Waals surface area contributed by atoms with Gasteiger partial charge in [0.25, 0.3) is 0 Å². The summed E-state index contributed by atoms with van der Waals surface area (Å²) >= 11 is 0. The highest BCUT2D eigenvalue weighted by atomic mass is 16.6. The molecule has 0 aliphatic carbocycles. The molecule has 0 saturated carbocycles. The van der Waals surface area contributed by atoms with Crippen molar-refractivity contribution in [1.29, 1.82) is 0 Å². The van der Waals surface area contributed by atoms with Crippen LogP contribution < -0.4 is 9.47 Å². The molecule has 3 rings (SSSR count). The first-order valence-electron chi connectivity index (χ1n) is 8.70. The molecule has 25 heavy (non-hydrogen) atoms. The SMILES string of the molecule is C=CCOc1c(C)cc(-c2cc(C)c(OCC3CO3)c(C)c2)cc1C. The highest BCUT2D eigenvalue weighted by Crippen LogP contribution is 2.34. The van der Waals surface area contributed by atoms with E-state index in [1.165, 1.54) is 11.1 Å². The number of epoxide rings is 1. The van der Waals surface area contributed by atoms with Gasteiger partial charge in [-0.1, -0.05) is 12.7 Å². The molecule has 0 bridgehead atoms. The van der Waals surface area contributed by atoms with Gasteiger partial charge >= 0.3 is 0 Å². The van der Waals surface area contributed by atoms with Crippen LogP contribution in [0.4, 0.5) is 0 Å². The minimum absolute atomic E-state index is 0.270. The van der Waals surface area contributed by atoms with Crippen molar-refractivity contribution in [3.05, 3.63) is 59.2 Å². The molecule has 1 aliphatic heterocycles. The number of aryl methyl sites for hydroxylation is 4. The van der Waals surface area contributed by atoms with Crippen LogP contribution in [0.1, 0.15) is 22.3 Å². The molecule has 1 saturated heterocycles. The quantitative estimate of drug-likeness (QED) is 0.530. The van der Waals surface area contributed by atoms with Crippen LogP contribution in [0, 0.1) is 27.7 Å². The molecular formula is C22H26O3. The molecule has 0 radical (unpaired) electrons. The molecule has 1 fully saturated rings. The lowest BCUT2D eigenvalue weighted by molar-refractivity contribution is 0.260. The highest BCUT2D eigenvalue weighted by Gasteiger charge is 2.23. The Kier molecular flexibility index (Phi) is 5.14. The predicted octanol–water partition coefficient (Wildman–Crippen LogP) is 4.93. The van der Waals surface area contributed by atoms with Gasteiger partial charge in [0.1, 0.15) is 30.8 Å². The van der Waals surface area contributed by atoms with Crippen molar-refractivity contribution in [2.75, 3.05) is 19.8 Å². The average Bonchev–Trinajstić information content (AvgIpc) is 3.37. The summed E-state index contributed by atoms with van der Waals surface area (Å²) in [6.07, 6.45) is 2.04. The third-order valence-electron chi connectivity index (χ3n) is 4.42. The first-order chi connectivity index (χ1) is 12.0. The maximum Gasteiger partial charge on any atom is 0.125 e. The molecule has 2 aromatic carbocycles. The van der Waals surface area contributed by atoms with Crippen molar-refractivity contribution >= 4 is 0 Å². The normalized spacial score (nSPS) is 15.8. The summed E-state index contributed by atoms with van der Waals surface area (Å²) in [5, 5.41) is 0. The monoisotopic (exact) mass is 338 g/mol. The first kappa shape index (κ1) is 17.6. The van der Waals surface area contributed by atoms with Crippen LogP contribution in [0.25, 0.3) is 11.1 Å². The summed E-state index contributed by atoms with van der Waals surface area (Å²) in [4.78, 5) is 0. The van der Waals surface area contributed by atoms with E-state index < -0.39 is 0 Å². The van der Waals surface area contributed by atoms with Gasteiger partial charge in [0.15, 0.2) is 0 Å². The van der Waals surface area contributed by atoms with E-state index in [9.17, 15) is 0 Å². The molecule has 3 nitrogen and oxygen atoms in total. The van der Waals surface area contributed by atoms with Gasteiger partial charge in [0, 0.05) is 0 Å². The van der Waals surface area contributed by atoms with Gasteiger partial charge in [-0.2, -0.15) is 0 Å². The molecule has 1 atom stereocenters. The number of hydrogen-bond acceptors (Lipinski definition) is 3. The van der Waals surface area contributed by atoms with Crippen molar-refractivity contribution in [3.63, 3.8) is 0 Å². The van der Waals surface area contributed by atoms with E-state index in [-0.39, 0.29) is 6.10 Å². The Balaban J connectivity index is 1.89. The number of hydrogen-bond donors (Lipinski definition) is 0. The van der Waals surface area contributed by atoms with Gasteiger partial charge in [-0.15, -0.1) is 0 Å². The molecular weight excluding hydrogens is 312 g/mol. The van der Waals surface area contributed by atoms with Gasteiger partial charge in [-0.25, -0.2) is 0 Å². The smallest absolute Gasteiger partial charge is 0.125 e. The summed E-state index contributed by atoms with van der Waals surface area (Å²) < 4.78 is 16.9. The fraction of sp³-hybridized carbons (Fsp3) is 0.364. The molecule has 2 aromatic rings. The Morgan fingerprint density at radius 3 is 1.76 bits per heavy atom. The summed E-state index contributed by atoms with van der Waals surface area (Å²) in [5.41, 5.74) is 6.98. The Bertz CT molecular complexity index is 742. The zero-order chi connectivity index (χ0) is 18.0. The molecule has 0 aromatic heterocycles. The van der Waals surface area contributed by atoms with E-state index in [0.717, 1.165) is 40.4 Å². The fourth-order valence-corrected chi connectivity index (χ4v) is 3.17. The van der Waals surface area contributed by atoms with E-state index in [1.54, 1.807) is 6.08 Å². The number of ether oxygens (including phenoxy) is 3. The number of rotatable bonds is 7. The second kappa shape index (κ2) is 7.32. The van der Waals surface area contributed by atoms with Crippen LogP contribution in [-0.4, -0.2) is 25.9 Å². The predicted molar refractivity (Wildman–Crippen MR) is 102 cm³/mol. The van der Waals surface area contributed by atoms with Gasteiger partial charge in [-0.3, -0.25) is 0 Å². The molecule has 1 heterocycles. The van der Waals surface area contributed by atoms with Crippen molar-refractivity contribution in [1.82, 2.24) is 0 Å². The van der Waals surface area contributed by atoms with E-state index in [2.05, 4.69) is 58.5 Å². The Morgan fingerprint density at radius 2 is 1.36 bits per heavy atom. The highest BCUT2D eigenvalue weighted by molar-refractivity contribution is 5.70. The van der Waals surface area contributed by atoms with E-state index >= 15 is 0 Å². The lowest BCUT2D eigenvalue weighted by Gasteiger charge is -2.16. The Hall–Kier alpha value is -2.26. The fourth-order valence-electron chi connectivity index (χ4n) is 3.17. The van der Waals surface area contributed by atoms with Crippen molar-refractivity contribution < 1.29 is 14.2 Å². The summed E-state index contributed by atoms with van der Waals surface area (Å²) in [6.45, 7) is 14.1. The molecule has 0 amide bonds. The van der Waals surface area contributed by atoms with E-state index in [0.29, 0.717) is 13.2 Å². The summed E-state index contributed by atoms with van der Waals surface area (Å²) in [6, 6.07) is 8.74. The van der Waals surface area contributed by atoms with Crippen molar-refractivity contribution in [2.45, 2.75) is 33.8 Å². The average molecular weight is 338 g/mol. The molecule has 0 spiro atoms. The van der Waals surface area contributed by atoms with Crippen molar-refractivity contribution in [2.24, 2.45) is 0 Å². The molecule has 0 N–H and O–H groups in total. The van der Waals surface area contributed by atoms with Crippen LogP contribution in [0.2, 0.25) is 0 Å². The first-order valence-corrected chi connectivity index (χ1v) is 8.70. The Labute approximate surface area is 150 Å². The Morgan fingerprint density at radius 1 is 0.920 bits per heavy atom. The lowest BCUT2D eigenvalue weighted by Crippen LogP contribution is -2.06. The number of benzene rings is 2. The van der Waals surface area contributed by atoms with Crippen molar-refractivity contribution in [3.8, 4) is 22.6 Å². The molecule has 3 heteroatoms. The minimum Gasteiger partial charge on any atom is -0.490 e. The minimum atomic E-state index is 0.270. The van der Waals surface area contributed by atoms with Gasteiger partial charge in [0.2, 0.25) is 0 Å². The molecule has 1 aliphatic rings. The maximum atomic E-state index is 5.94. The standard InChI is InChI=1S/C22H26O3/c1-6-7-23-21-14(2)8-18(9-15(21)3)19-10-16(4)22(17(5)11-19)25-13-20-12-24-20/h6,8-11,20H,1,7,12-13H2,2-5H3. The molecule has 132 valence electrons. The van der Waals surface area contributed by atoms with Crippen LogP contribution in [0.3, 0.4) is 0 Å². The van der Waals surface area contributed by atoms with Crippen LogP contribution in [-0.2, 0) is 4.74 Å².